The van der Waals surface area contributed by atoms with E-state index in [1.54, 1.807) is 35.1 Å². The number of nitrogens with zero attached hydrogens (tertiary/aromatic N) is 2. The zero-order chi connectivity index (χ0) is 13.9. The van der Waals surface area contributed by atoms with Crippen LogP contribution in [0.3, 0.4) is 0 Å². The minimum atomic E-state index is 0.216. The molecule has 3 aromatic rings. The number of aryl methyl sites for hydroxylation is 1. The number of phenolic OH excluding ortho intramolecular Hbond substituents is 1. The lowest BCUT2D eigenvalue weighted by Gasteiger charge is -2.04. The Balaban J connectivity index is 1.84. The van der Waals surface area contributed by atoms with Crippen LogP contribution in [0.25, 0.3) is 5.69 Å². The van der Waals surface area contributed by atoms with E-state index < -0.39 is 0 Å². The normalized spacial score (nSPS) is 10.4. The van der Waals surface area contributed by atoms with E-state index in [1.807, 2.05) is 37.4 Å². The van der Waals surface area contributed by atoms with E-state index in [0.717, 1.165) is 11.3 Å². The maximum atomic E-state index is 9.23. The third-order valence-electron chi connectivity index (χ3n) is 2.99. The first-order valence-electron chi connectivity index (χ1n) is 6.30. The maximum Gasteiger partial charge on any atom is 0.165 e. The zero-order valence-corrected chi connectivity index (χ0v) is 11.0. The van der Waals surface area contributed by atoms with Crippen molar-refractivity contribution in [1.82, 2.24) is 9.78 Å². The fraction of sp³-hybridized carbons (Fsp3) is 0.0625. The predicted octanol–water partition coefficient (Wildman–Crippen LogP) is 3.68. The molecule has 2 aromatic carbocycles. The van der Waals surface area contributed by atoms with Crippen molar-refractivity contribution in [3.8, 4) is 22.9 Å². The number of phenols is 1. The van der Waals surface area contributed by atoms with Crippen LogP contribution in [0.4, 0.5) is 0 Å². The van der Waals surface area contributed by atoms with Crippen LogP contribution in [-0.4, -0.2) is 14.9 Å². The van der Waals surface area contributed by atoms with Gasteiger partial charge in [-0.3, -0.25) is 0 Å². The van der Waals surface area contributed by atoms with Crippen LogP contribution >= 0.6 is 0 Å². The van der Waals surface area contributed by atoms with Crippen molar-refractivity contribution in [2.24, 2.45) is 0 Å². The van der Waals surface area contributed by atoms with Crippen LogP contribution in [0.1, 0.15) is 5.56 Å². The summed E-state index contributed by atoms with van der Waals surface area (Å²) in [6, 6.07) is 14.6. The standard InChI is InChI=1S/C16H14N2O2/c1-12-4-2-3-5-16(12)18-11-15(10-17-18)20-14-8-6-13(19)7-9-14/h2-11,19H,1H3. The maximum absolute atomic E-state index is 9.23. The lowest BCUT2D eigenvalue weighted by molar-refractivity contribution is 0.464. The molecule has 3 rings (SSSR count). The molecule has 0 unspecified atom stereocenters. The van der Waals surface area contributed by atoms with Crippen LogP contribution in [0.5, 0.6) is 17.2 Å². The number of para-hydroxylation sites is 1. The molecule has 1 N–H and O–H groups in total. The number of hydrogen-bond donors (Lipinski definition) is 1. The van der Waals surface area contributed by atoms with Crippen LogP contribution in [0, 0.1) is 6.92 Å². The predicted molar refractivity (Wildman–Crippen MR) is 76.5 cm³/mol. The smallest absolute Gasteiger partial charge is 0.165 e. The fourth-order valence-electron chi connectivity index (χ4n) is 1.96. The SMILES string of the molecule is Cc1ccccc1-n1cc(Oc2ccc(O)cc2)cn1. The van der Waals surface area contributed by atoms with E-state index in [0.29, 0.717) is 11.5 Å². The summed E-state index contributed by atoms with van der Waals surface area (Å²) in [6.07, 6.45) is 3.49. The first-order valence-corrected chi connectivity index (χ1v) is 6.30. The molecule has 0 aliphatic heterocycles. The first kappa shape index (κ1) is 12.3. The van der Waals surface area contributed by atoms with Crippen LogP contribution in [0.2, 0.25) is 0 Å². The Labute approximate surface area is 116 Å². The average molecular weight is 266 g/mol. The molecule has 1 aromatic heterocycles. The van der Waals surface area contributed by atoms with Gasteiger partial charge < -0.3 is 9.84 Å². The van der Waals surface area contributed by atoms with Gasteiger partial charge in [-0.15, -0.1) is 0 Å². The van der Waals surface area contributed by atoms with Crippen molar-refractivity contribution in [3.05, 3.63) is 66.5 Å². The van der Waals surface area contributed by atoms with Crippen molar-refractivity contribution in [2.75, 3.05) is 0 Å². The highest BCUT2D eigenvalue weighted by Gasteiger charge is 2.05. The van der Waals surface area contributed by atoms with E-state index in [1.165, 1.54) is 0 Å². The summed E-state index contributed by atoms with van der Waals surface area (Å²) >= 11 is 0. The second-order valence-corrected chi connectivity index (χ2v) is 4.50. The van der Waals surface area contributed by atoms with Gasteiger partial charge in [0.2, 0.25) is 0 Å². The van der Waals surface area contributed by atoms with Gasteiger partial charge in [0.15, 0.2) is 5.75 Å². The van der Waals surface area contributed by atoms with E-state index in [9.17, 15) is 5.11 Å². The highest BCUT2D eigenvalue weighted by Crippen LogP contribution is 2.24. The Morgan fingerprint density at radius 2 is 1.75 bits per heavy atom. The molecule has 0 radical (unpaired) electrons. The van der Waals surface area contributed by atoms with Crippen LogP contribution in [0.15, 0.2) is 60.9 Å². The molecule has 0 aliphatic rings. The quantitative estimate of drug-likeness (QED) is 0.786. The summed E-state index contributed by atoms with van der Waals surface area (Å²) in [6.45, 7) is 2.04. The van der Waals surface area contributed by atoms with Crippen molar-refractivity contribution < 1.29 is 9.84 Å². The van der Waals surface area contributed by atoms with Gasteiger partial charge in [0, 0.05) is 0 Å². The number of hydrogen-bond acceptors (Lipinski definition) is 3. The van der Waals surface area contributed by atoms with E-state index >= 15 is 0 Å². The summed E-state index contributed by atoms with van der Waals surface area (Å²) in [5.41, 5.74) is 2.17. The molecule has 100 valence electrons. The molecular weight excluding hydrogens is 252 g/mol. The van der Waals surface area contributed by atoms with Gasteiger partial charge in [-0.25, -0.2) is 4.68 Å². The summed E-state index contributed by atoms with van der Waals surface area (Å²) in [4.78, 5) is 0. The van der Waals surface area contributed by atoms with Crippen molar-refractivity contribution >= 4 is 0 Å². The summed E-state index contributed by atoms with van der Waals surface area (Å²) in [7, 11) is 0. The van der Waals surface area contributed by atoms with Gasteiger partial charge in [-0.05, 0) is 42.8 Å². The molecule has 0 bridgehead atoms. The Morgan fingerprint density at radius 3 is 2.50 bits per heavy atom. The highest BCUT2D eigenvalue weighted by molar-refractivity contribution is 5.41. The Bertz CT molecular complexity index is 717. The minimum Gasteiger partial charge on any atom is -0.508 e. The molecule has 1 heterocycles. The van der Waals surface area contributed by atoms with Gasteiger partial charge in [-0.2, -0.15) is 5.10 Å². The first-order chi connectivity index (χ1) is 9.72. The van der Waals surface area contributed by atoms with Crippen molar-refractivity contribution in [1.29, 1.82) is 0 Å². The third-order valence-corrected chi connectivity index (χ3v) is 2.99. The Hall–Kier alpha value is -2.75. The second kappa shape index (κ2) is 5.09. The van der Waals surface area contributed by atoms with E-state index in [2.05, 4.69) is 5.10 Å². The molecule has 0 atom stereocenters. The molecule has 0 spiro atoms. The molecule has 20 heavy (non-hydrogen) atoms. The van der Waals surface area contributed by atoms with Gasteiger partial charge >= 0.3 is 0 Å². The molecule has 0 amide bonds. The minimum absolute atomic E-state index is 0.216. The lowest BCUT2D eigenvalue weighted by Crippen LogP contribution is -1.96. The van der Waals surface area contributed by atoms with Crippen molar-refractivity contribution in [2.45, 2.75) is 6.92 Å². The topological polar surface area (TPSA) is 47.3 Å². The Morgan fingerprint density at radius 1 is 1.00 bits per heavy atom. The number of ether oxygens (including phenoxy) is 1. The molecule has 4 nitrogen and oxygen atoms in total. The Kier molecular flexibility index (Phi) is 3.13. The zero-order valence-electron chi connectivity index (χ0n) is 11.0. The summed E-state index contributed by atoms with van der Waals surface area (Å²) in [5.74, 6) is 1.53. The van der Waals surface area contributed by atoms with Gasteiger partial charge in [0.05, 0.1) is 18.1 Å². The average Bonchev–Trinajstić information content (AvgIpc) is 2.90. The lowest BCUT2D eigenvalue weighted by atomic mass is 10.2. The molecule has 0 saturated carbocycles. The molecule has 0 fully saturated rings. The number of rotatable bonds is 3. The monoisotopic (exact) mass is 266 g/mol. The van der Waals surface area contributed by atoms with Crippen molar-refractivity contribution in [3.63, 3.8) is 0 Å². The van der Waals surface area contributed by atoms with Crippen LogP contribution in [-0.2, 0) is 0 Å². The van der Waals surface area contributed by atoms with E-state index in [4.69, 9.17) is 4.74 Å². The number of aromatic nitrogens is 2. The van der Waals surface area contributed by atoms with Gasteiger partial charge in [0.1, 0.15) is 11.5 Å². The fourth-order valence-corrected chi connectivity index (χ4v) is 1.96. The summed E-state index contributed by atoms with van der Waals surface area (Å²) in [5, 5.41) is 13.5. The van der Waals surface area contributed by atoms with Gasteiger partial charge in [-0.1, -0.05) is 18.2 Å². The van der Waals surface area contributed by atoms with Gasteiger partial charge in [0.25, 0.3) is 0 Å². The highest BCUT2D eigenvalue weighted by atomic mass is 16.5. The summed E-state index contributed by atoms with van der Waals surface area (Å²) < 4.78 is 7.46. The molecular formula is C16H14N2O2. The second-order valence-electron chi connectivity index (χ2n) is 4.50. The molecule has 4 heteroatoms. The molecule has 0 saturated heterocycles. The van der Waals surface area contributed by atoms with E-state index in [-0.39, 0.29) is 5.75 Å². The van der Waals surface area contributed by atoms with Crippen LogP contribution < -0.4 is 4.74 Å². The molecule has 0 aliphatic carbocycles. The largest absolute Gasteiger partial charge is 0.508 e. The number of benzene rings is 2. The number of aromatic hydroxyl groups is 1. The third kappa shape index (κ3) is 2.49.